The van der Waals surface area contributed by atoms with Crippen molar-refractivity contribution in [2.24, 2.45) is 0 Å². The van der Waals surface area contributed by atoms with Crippen molar-refractivity contribution in [1.29, 1.82) is 0 Å². The molecule has 3 aromatic rings. The molecule has 0 unspecified atom stereocenters. The van der Waals surface area contributed by atoms with Crippen LogP contribution in [0.2, 0.25) is 0 Å². The Kier molecular flexibility index (Phi) is 9.15. The largest absolute Gasteiger partial charge is 0.486 e. The number of benzene rings is 2. The Hall–Kier alpha value is -2.44. The first-order valence-electron chi connectivity index (χ1n) is 12.8. The maximum Gasteiger partial charge on any atom is 0.260 e. The van der Waals surface area contributed by atoms with E-state index in [2.05, 4.69) is 18.7 Å². The van der Waals surface area contributed by atoms with Crippen molar-refractivity contribution in [3.05, 3.63) is 42.0 Å². The monoisotopic (exact) mass is 580 g/mol. The third-order valence-electron chi connectivity index (χ3n) is 6.86. The van der Waals surface area contributed by atoms with Crippen LogP contribution in [0.4, 0.5) is 5.13 Å². The molecule has 38 heavy (non-hydrogen) atoms. The summed E-state index contributed by atoms with van der Waals surface area (Å²) in [7, 11) is -3.54. The van der Waals surface area contributed by atoms with E-state index in [9.17, 15) is 13.2 Å². The number of aromatic nitrogens is 1. The first-order chi connectivity index (χ1) is 17.9. The van der Waals surface area contributed by atoms with Crippen LogP contribution in [-0.2, 0) is 10.0 Å². The SMILES string of the molecule is CCN(CC)CCN(C(=O)c1ccc(S(=O)(=O)N2CCCC2)cc1)c1nc2cc3c(cc2s1)OCCO3.Cl. The topological polar surface area (TPSA) is 92.3 Å². The van der Waals surface area contributed by atoms with Gasteiger partial charge in [0.25, 0.3) is 5.91 Å². The number of thiazole rings is 1. The lowest BCUT2D eigenvalue weighted by atomic mass is 10.2. The van der Waals surface area contributed by atoms with Crippen LogP contribution < -0.4 is 14.4 Å². The number of hydrogen-bond donors (Lipinski definition) is 0. The van der Waals surface area contributed by atoms with Crippen molar-refractivity contribution in [1.82, 2.24) is 14.2 Å². The molecule has 2 aliphatic heterocycles. The van der Waals surface area contributed by atoms with Gasteiger partial charge in [0, 0.05) is 43.9 Å². The van der Waals surface area contributed by atoms with Crippen LogP contribution in [0.25, 0.3) is 10.2 Å². The number of carbonyl (C=O) groups excluding carboxylic acids is 1. The van der Waals surface area contributed by atoms with Crippen LogP contribution in [0.5, 0.6) is 11.5 Å². The first-order valence-corrected chi connectivity index (χ1v) is 15.0. The summed E-state index contributed by atoms with van der Waals surface area (Å²) in [5, 5.41) is 0.586. The van der Waals surface area contributed by atoms with Gasteiger partial charge in [-0.05, 0) is 50.2 Å². The molecule has 0 aliphatic carbocycles. The van der Waals surface area contributed by atoms with Gasteiger partial charge in [-0.1, -0.05) is 25.2 Å². The van der Waals surface area contributed by atoms with Gasteiger partial charge < -0.3 is 14.4 Å². The number of fused-ring (bicyclic) bond motifs is 2. The van der Waals surface area contributed by atoms with E-state index in [-0.39, 0.29) is 23.2 Å². The predicted molar refractivity (Wildman–Crippen MR) is 152 cm³/mol. The number of rotatable bonds is 9. The second-order valence-corrected chi connectivity index (χ2v) is 12.0. The van der Waals surface area contributed by atoms with Crippen molar-refractivity contribution in [2.45, 2.75) is 31.6 Å². The van der Waals surface area contributed by atoms with Gasteiger partial charge >= 0.3 is 0 Å². The standard InChI is InChI=1S/C26H32N4O5S2.ClH/c1-3-28(4-2)13-14-30(26-27-21-17-22-23(18-24(21)36-26)35-16-15-34-22)25(31)19-7-9-20(10-8-19)37(32,33)29-11-5-6-12-29;/h7-10,17-18H,3-6,11-16H2,1-2H3;1H. The Morgan fingerprint density at radius 2 is 1.63 bits per heavy atom. The van der Waals surface area contributed by atoms with E-state index in [1.807, 2.05) is 12.1 Å². The molecule has 1 aromatic heterocycles. The second-order valence-electron chi connectivity index (χ2n) is 9.08. The number of hydrogen-bond acceptors (Lipinski definition) is 8. The fourth-order valence-corrected chi connectivity index (χ4v) is 7.15. The zero-order chi connectivity index (χ0) is 26.0. The van der Waals surface area contributed by atoms with E-state index in [4.69, 9.17) is 14.5 Å². The lowest BCUT2D eigenvalue weighted by Gasteiger charge is -2.25. The summed E-state index contributed by atoms with van der Waals surface area (Å²) in [6.45, 7) is 9.17. The summed E-state index contributed by atoms with van der Waals surface area (Å²) < 4.78 is 39.7. The van der Waals surface area contributed by atoms with Gasteiger partial charge in [0.2, 0.25) is 10.0 Å². The minimum atomic E-state index is -3.54. The van der Waals surface area contributed by atoms with E-state index < -0.39 is 10.0 Å². The molecule has 9 nitrogen and oxygen atoms in total. The smallest absolute Gasteiger partial charge is 0.260 e. The zero-order valence-electron chi connectivity index (χ0n) is 21.6. The molecule has 2 aromatic carbocycles. The molecule has 12 heteroatoms. The number of carbonyl (C=O) groups is 1. The highest BCUT2D eigenvalue weighted by Gasteiger charge is 2.28. The Morgan fingerprint density at radius 1 is 1.00 bits per heavy atom. The maximum absolute atomic E-state index is 13.7. The fraction of sp³-hybridized carbons (Fsp3) is 0.462. The normalized spacial score (nSPS) is 15.6. The first kappa shape index (κ1) is 28.6. The van der Waals surface area contributed by atoms with Crippen LogP contribution in [0.15, 0.2) is 41.3 Å². The van der Waals surface area contributed by atoms with Crippen molar-refractivity contribution >= 4 is 55.0 Å². The van der Waals surface area contributed by atoms with Crippen LogP contribution in [0.1, 0.15) is 37.0 Å². The molecule has 0 spiro atoms. The second kappa shape index (κ2) is 12.2. The summed E-state index contributed by atoms with van der Waals surface area (Å²) in [6.07, 6.45) is 1.75. The third kappa shape index (κ3) is 5.76. The summed E-state index contributed by atoms with van der Waals surface area (Å²) in [5.74, 6) is 1.13. The molecule has 2 aliphatic rings. The molecular weight excluding hydrogens is 548 g/mol. The number of anilines is 1. The van der Waals surface area contributed by atoms with E-state index in [0.29, 0.717) is 61.6 Å². The van der Waals surface area contributed by atoms with E-state index in [1.165, 1.54) is 27.8 Å². The Morgan fingerprint density at radius 3 is 2.26 bits per heavy atom. The number of halogens is 1. The predicted octanol–water partition coefficient (Wildman–Crippen LogP) is 4.26. The average molecular weight is 581 g/mol. The van der Waals surface area contributed by atoms with Gasteiger partial charge in [0.15, 0.2) is 16.6 Å². The number of likely N-dealkylation sites (N-methyl/N-ethyl adjacent to an activating group) is 1. The molecule has 5 rings (SSSR count). The summed E-state index contributed by atoms with van der Waals surface area (Å²) >= 11 is 1.43. The van der Waals surface area contributed by atoms with Crippen molar-refractivity contribution < 1.29 is 22.7 Å². The third-order valence-corrected chi connectivity index (χ3v) is 9.81. The zero-order valence-corrected chi connectivity index (χ0v) is 24.0. The summed E-state index contributed by atoms with van der Waals surface area (Å²) in [6, 6.07) is 10.0. The van der Waals surface area contributed by atoms with E-state index in [0.717, 1.165) is 36.1 Å². The van der Waals surface area contributed by atoms with Crippen LogP contribution in [-0.4, -0.2) is 81.0 Å². The lowest BCUT2D eigenvalue weighted by molar-refractivity contribution is 0.0983. The minimum absolute atomic E-state index is 0. The van der Waals surface area contributed by atoms with Gasteiger partial charge in [-0.3, -0.25) is 9.69 Å². The van der Waals surface area contributed by atoms with Crippen molar-refractivity contribution in [3.63, 3.8) is 0 Å². The van der Waals surface area contributed by atoms with Crippen molar-refractivity contribution in [2.75, 3.05) is 57.4 Å². The number of sulfonamides is 1. The number of nitrogens with zero attached hydrogens (tertiary/aromatic N) is 4. The molecule has 0 saturated carbocycles. The van der Waals surface area contributed by atoms with Crippen LogP contribution in [0, 0.1) is 0 Å². The fourth-order valence-electron chi connectivity index (χ4n) is 4.64. The molecule has 0 bridgehead atoms. The van der Waals surface area contributed by atoms with E-state index in [1.54, 1.807) is 17.0 Å². The molecular formula is C26H33ClN4O5S2. The van der Waals surface area contributed by atoms with Gasteiger partial charge in [0.05, 0.1) is 15.1 Å². The number of amides is 1. The molecule has 1 saturated heterocycles. The van der Waals surface area contributed by atoms with Crippen LogP contribution >= 0.6 is 23.7 Å². The molecule has 1 amide bonds. The molecule has 1 fully saturated rings. The maximum atomic E-state index is 13.7. The summed E-state index contributed by atoms with van der Waals surface area (Å²) in [5.41, 5.74) is 1.17. The summed E-state index contributed by atoms with van der Waals surface area (Å²) in [4.78, 5) is 22.7. The highest BCUT2D eigenvalue weighted by atomic mass is 35.5. The molecule has 0 atom stereocenters. The van der Waals surface area contributed by atoms with Crippen molar-refractivity contribution in [3.8, 4) is 11.5 Å². The molecule has 3 heterocycles. The lowest BCUT2D eigenvalue weighted by Crippen LogP contribution is -2.38. The Balaban J connectivity index is 0.00000336. The van der Waals surface area contributed by atoms with Gasteiger partial charge in [0.1, 0.15) is 13.2 Å². The average Bonchev–Trinajstić information content (AvgIpc) is 3.60. The Bertz CT molecular complexity index is 1330. The molecule has 206 valence electrons. The highest BCUT2D eigenvalue weighted by molar-refractivity contribution is 7.89. The molecule has 0 N–H and O–H groups in total. The highest BCUT2D eigenvalue weighted by Crippen LogP contribution is 2.39. The quantitative estimate of drug-likeness (QED) is 0.373. The van der Waals surface area contributed by atoms with Gasteiger partial charge in [-0.15, -0.1) is 12.4 Å². The van der Waals surface area contributed by atoms with Crippen LogP contribution in [0.3, 0.4) is 0 Å². The molecule has 0 radical (unpaired) electrons. The van der Waals surface area contributed by atoms with Gasteiger partial charge in [-0.2, -0.15) is 4.31 Å². The van der Waals surface area contributed by atoms with Gasteiger partial charge in [-0.25, -0.2) is 13.4 Å². The number of ether oxygens (including phenoxy) is 2. The minimum Gasteiger partial charge on any atom is -0.486 e. The Labute approximate surface area is 233 Å². The van der Waals surface area contributed by atoms with E-state index >= 15 is 0 Å².